The minimum atomic E-state index is -0.431. The molecule has 80 valence electrons. The molecule has 0 aliphatic rings. The Hall–Kier alpha value is -0.450. The first kappa shape index (κ1) is 11.6. The third-order valence-corrected chi connectivity index (χ3v) is 3.09. The monoisotopic (exact) mass is 215 g/mol. The Bertz CT molecular complexity index is 266. The summed E-state index contributed by atoms with van der Waals surface area (Å²) in [7, 11) is 0. The van der Waals surface area contributed by atoms with Crippen molar-refractivity contribution in [3.05, 3.63) is 15.6 Å². The van der Waals surface area contributed by atoms with E-state index in [-0.39, 0.29) is 0 Å². The molecule has 4 heteroatoms. The molecule has 0 aliphatic heterocycles. The fraction of sp³-hybridized carbons (Fsp3) is 0.700. The van der Waals surface area contributed by atoms with Crippen LogP contribution in [0.5, 0.6) is 0 Å². The normalized spacial score (nSPS) is 13.1. The van der Waals surface area contributed by atoms with Crippen LogP contribution in [0.2, 0.25) is 0 Å². The number of hydrogen-bond donors (Lipinski definition) is 1. The Morgan fingerprint density at radius 3 is 2.71 bits per heavy atom. The molecule has 1 heterocycles. The predicted octanol–water partition coefficient (Wildman–Crippen LogP) is 1.70. The molecule has 0 amide bonds. The predicted molar refractivity (Wildman–Crippen MR) is 57.8 cm³/mol. The van der Waals surface area contributed by atoms with Crippen molar-refractivity contribution < 1.29 is 9.84 Å². The average molecular weight is 215 g/mol. The summed E-state index contributed by atoms with van der Waals surface area (Å²) in [5.74, 6) is 0. The van der Waals surface area contributed by atoms with E-state index in [1.54, 1.807) is 11.3 Å². The van der Waals surface area contributed by atoms with Crippen molar-refractivity contribution in [3.8, 4) is 0 Å². The van der Waals surface area contributed by atoms with Crippen LogP contribution in [0, 0.1) is 13.8 Å². The summed E-state index contributed by atoms with van der Waals surface area (Å²) in [5.41, 5.74) is 1.06. The number of ether oxygens (including phenoxy) is 1. The molecule has 0 bridgehead atoms. The van der Waals surface area contributed by atoms with Crippen LogP contribution in [-0.2, 0) is 11.2 Å². The van der Waals surface area contributed by atoms with E-state index in [2.05, 4.69) is 4.98 Å². The number of hydrogen-bond acceptors (Lipinski definition) is 4. The Morgan fingerprint density at radius 2 is 2.21 bits per heavy atom. The zero-order chi connectivity index (χ0) is 10.6. The van der Waals surface area contributed by atoms with Gasteiger partial charge in [0.2, 0.25) is 0 Å². The van der Waals surface area contributed by atoms with Crippen molar-refractivity contribution in [2.24, 2.45) is 0 Å². The fourth-order valence-corrected chi connectivity index (χ4v) is 2.15. The summed E-state index contributed by atoms with van der Waals surface area (Å²) >= 11 is 1.65. The molecule has 0 spiro atoms. The van der Waals surface area contributed by atoms with Gasteiger partial charge in [0.25, 0.3) is 0 Å². The van der Waals surface area contributed by atoms with Gasteiger partial charge in [0.1, 0.15) is 0 Å². The molecule has 3 nitrogen and oxygen atoms in total. The first-order valence-electron chi connectivity index (χ1n) is 4.82. The minimum Gasteiger partial charge on any atom is -0.390 e. The number of aromatic nitrogens is 1. The molecule has 1 N–H and O–H groups in total. The average Bonchev–Trinajstić information content (AvgIpc) is 2.42. The van der Waals surface area contributed by atoms with Crippen LogP contribution in [-0.4, -0.2) is 29.4 Å². The zero-order valence-corrected chi connectivity index (χ0v) is 9.73. The van der Waals surface area contributed by atoms with E-state index in [1.165, 1.54) is 4.88 Å². The third-order valence-electron chi connectivity index (χ3n) is 2.00. The molecule has 1 unspecified atom stereocenters. The van der Waals surface area contributed by atoms with E-state index in [4.69, 9.17) is 4.74 Å². The van der Waals surface area contributed by atoms with Crippen molar-refractivity contribution in [2.45, 2.75) is 33.3 Å². The lowest BCUT2D eigenvalue weighted by Gasteiger charge is -2.07. The fourth-order valence-electron chi connectivity index (χ4n) is 1.14. The maximum atomic E-state index is 9.58. The van der Waals surface area contributed by atoms with Crippen molar-refractivity contribution in [1.82, 2.24) is 4.98 Å². The van der Waals surface area contributed by atoms with Gasteiger partial charge in [0.05, 0.1) is 23.4 Å². The molecule has 14 heavy (non-hydrogen) atoms. The van der Waals surface area contributed by atoms with Crippen LogP contribution >= 0.6 is 11.3 Å². The van der Waals surface area contributed by atoms with E-state index >= 15 is 0 Å². The van der Waals surface area contributed by atoms with Gasteiger partial charge in [0.15, 0.2) is 0 Å². The first-order valence-corrected chi connectivity index (χ1v) is 5.63. The van der Waals surface area contributed by atoms with E-state index in [0.29, 0.717) is 19.6 Å². The molecule has 0 saturated heterocycles. The molecule has 1 rings (SSSR count). The van der Waals surface area contributed by atoms with Crippen LogP contribution in [0.15, 0.2) is 0 Å². The molecule has 0 saturated carbocycles. The highest BCUT2D eigenvalue weighted by atomic mass is 32.1. The Kier molecular flexibility index (Phi) is 4.51. The van der Waals surface area contributed by atoms with Gasteiger partial charge in [-0.25, -0.2) is 4.98 Å². The van der Waals surface area contributed by atoms with E-state index in [9.17, 15) is 5.11 Å². The number of aliphatic hydroxyl groups excluding tert-OH is 1. The first-order chi connectivity index (χ1) is 6.63. The van der Waals surface area contributed by atoms with E-state index in [1.807, 2.05) is 20.8 Å². The Morgan fingerprint density at radius 1 is 1.50 bits per heavy atom. The van der Waals surface area contributed by atoms with Gasteiger partial charge in [-0.15, -0.1) is 11.3 Å². The second kappa shape index (κ2) is 5.44. The number of thiazole rings is 1. The highest BCUT2D eigenvalue weighted by Crippen LogP contribution is 2.17. The molecular weight excluding hydrogens is 198 g/mol. The summed E-state index contributed by atoms with van der Waals surface area (Å²) in [6.07, 6.45) is 0.166. The second-order valence-corrected chi connectivity index (χ2v) is 4.55. The van der Waals surface area contributed by atoms with Gasteiger partial charge >= 0.3 is 0 Å². The molecule has 0 aliphatic carbocycles. The summed E-state index contributed by atoms with van der Waals surface area (Å²) < 4.78 is 5.13. The van der Waals surface area contributed by atoms with Crippen LogP contribution in [0.25, 0.3) is 0 Å². The van der Waals surface area contributed by atoms with Crippen molar-refractivity contribution in [1.29, 1.82) is 0 Å². The summed E-state index contributed by atoms with van der Waals surface area (Å²) in [6.45, 7) is 7.00. The number of aryl methyl sites for hydroxylation is 2. The van der Waals surface area contributed by atoms with Gasteiger partial charge in [0, 0.05) is 17.9 Å². The summed E-state index contributed by atoms with van der Waals surface area (Å²) in [5, 5.41) is 10.6. The highest BCUT2D eigenvalue weighted by molar-refractivity contribution is 7.11. The minimum absolute atomic E-state index is 0.397. The van der Waals surface area contributed by atoms with Crippen LogP contribution in [0.1, 0.15) is 22.5 Å². The Balaban J connectivity index is 2.43. The summed E-state index contributed by atoms with van der Waals surface area (Å²) in [4.78, 5) is 5.59. The Labute approximate surface area is 88.8 Å². The molecule has 1 atom stereocenters. The molecule has 0 fully saturated rings. The standard InChI is InChI=1S/C10H17NO2S/c1-4-13-6-9(12)5-10-11-7(2)8(3)14-10/h9,12H,4-6H2,1-3H3. The van der Waals surface area contributed by atoms with E-state index < -0.39 is 6.10 Å². The molecular formula is C10H17NO2S. The van der Waals surface area contributed by atoms with Gasteiger partial charge in [-0.05, 0) is 20.8 Å². The van der Waals surface area contributed by atoms with Crippen molar-refractivity contribution >= 4 is 11.3 Å². The lowest BCUT2D eigenvalue weighted by atomic mass is 10.3. The number of aliphatic hydroxyl groups is 1. The van der Waals surface area contributed by atoms with Gasteiger partial charge in [-0.2, -0.15) is 0 Å². The SMILES string of the molecule is CCOCC(O)Cc1nc(C)c(C)s1. The van der Waals surface area contributed by atoms with Gasteiger partial charge in [-0.3, -0.25) is 0 Å². The largest absolute Gasteiger partial charge is 0.390 e. The molecule has 0 radical (unpaired) electrons. The number of nitrogens with zero attached hydrogens (tertiary/aromatic N) is 1. The van der Waals surface area contributed by atoms with Gasteiger partial charge < -0.3 is 9.84 Å². The lowest BCUT2D eigenvalue weighted by molar-refractivity contribution is 0.0429. The topological polar surface area (TPSA) is 42.4 Å². The summed E-state index contributed by atoms with van der Waals surface area (Å²) in [6, 6.07) is 0. The second-order valence-electron chi connectivity index (χ2n) is 3.27. The van der Waals surface area contributed by atoms with E-state index in [0.717, 1.165) is 10.7 Å². The van der Waals surface area contributed by atoms with Crippen LogP contribution in [0.3, 0.4) is 0 Å². The maximum absolute atomic E-state index is 9.58. The van der Waals surface area contributed by atoms with Gasteiger partial charge in [-0.1, -0.05) is 0 Å². The number of rotatable bonds is 5. The molecule has 1 aromatic rings. The van der Waals surface area contributed by atoms with Crippen LogP contribution in [0.4, 0.5) is 0 Å². The zero-order valence-electron chi connectivity index (χ0n) is 8.91. The van der Waals surface area contributed by atoms with Crippen LogP contribution < -0.4 is 0 Å². The highest BCUT2D eigenvalue weighted by Gasteiger charge is 2.09. The molecule has 1 aromatic heterocycles. The molecule has 0 aromatic carbocycles. The van der Waals surface area contributed by atoms with Crippen molar-refractivity contribution in [3.63, 3.8) is 0 Å². The maximum Gasteiger partial charge on any atom is 0.0957 e. The third kappa shape index (κ3) is 3.36. The smallest absolute Gasteiger partial charge is 0.0957 e. The van der Waals surface area contributed by atoms with Crippen molar-refractivity contribution in [2.75, 3.05) is 13.2 Å². The quantitative estimate of drug-likeness (QED) is 0.813. The lowest BCUT2D eigenvalue weighted by Crippen LogP contribution is -2.17.